The summed E-state index contributed by atoms with van der Waals surface area (Å²) >= 11 is 0. The fraction of sp³-hybridized carbons (Fsp3) is 0.500. The molecule has 0 aliphatic heterocycles. The van der Waals surface area contributed by atoms with Crippen molar-refractivity contribution in [3.63, 3.8) is 0 Å². The van der Waals surface area contributed by atoms with Gasteiger partial charge in [0.05, 0.1) is 0 Å². The van der Waals surface area contributed by atoms with Gasteiger partial charge in [-0.25, -0.2) is 4.79 Å². The summed E-state index contributed by atoms with van der Waals surface area (Å²) in [5.74, 6) is -0.341. The predicted molar refractivity (Wildman–Crippen MR) is 70.2 cm³/mol. The first-order chi connectivity index (χ1) is 8.53. The minimum Gasteiger partial charge on any atom is -0.462 e. The van der Waals surface area contributed by atoms with Crippen molar-refractivity contribution in [3.8, 4) is 0 Å². The third kappa shape index (κ3) is 5.80. The number of hydrogen-bond donors (Lipinski definition) is 1. The van der Waals surface area contributed by atoms with Gasteiger partial charge in [0.1, 0.15) is 13.2 Å². The van der Waals surface area contributed by atoms with Crippen molar-refractivity contribution in [1.29, 1.82) is 0 Å². The minimum absolute atomic E-state index is 0.00519. The SMILES string of the molecule is COCC(=O)OCC(C)(C)NCc1ccccc1. The summed E-state index contributed by atoms with van der Waals surface area (Å²) < 4.78 is 9.81. The van der Waals surface area contributed by atoms with Crippen LogP contribution in [-0.4, -0.2) is 31.8 Å². The summed E-state index contributed by atoms with van der Waals surface area (Å²) in [5.41, 5.74) is 0.938. The highest BCUT2D eigenvalue weighted by Gasteiger charge is 2.19. The highest BCUT2D eigenvalue weighted by atomic mass is 16.6. The summed E-state index contributed by atoms with van der Waals surface area (Å²) in [7, 11) is 1.47. The van der Waals surface area contributed by atoms with Crippen LogP contribution in [0.25, 0.3) is 0 Å². The van der Waals surface area contributed by atoms with E-state index in [0.29, 0.717) is 6.61 Å². The van der Waals surface area contributed by atoms with Crippen LogP contribution in [0.2, 0.25) is 0 Å². The molecular formula is C14H21NO3. The van der Waals surface area contributed by atoms with Gasteiger partial charge >= 0.3 is 5.97 Å². The fourth-order valence-electron chi connectivity index (χ4n) is 1.41. The molecule has 0 radical (unpaired) electrons. The molecular weight excluding hydrogens is 230 g/mol. The van der Waals surface area contributed by atoms with Crippen LogP contribution in [0.4, 0.5) is 0 Å². The molecule has 0 spiro atoms. The van der Waals surface area contributed by atoms with Crippen molar-refractivity contribution in [3.05, 3.63) is 35.9 Å². The van der Waals surface area contributed by atoms with Crippen LogP contribution >= 0.6 is 0 Å². The first kappa shape index (κ1) is 14.7. The Morgan fingerprint density at radius 1 is 1.28 bits per heavy atom. The summed E-state index contributed by atoms with van der Waals surface area (Å²) in [6, 6.07) is 10.1. The lowest BCUT2D eigenvalue weighted by molar-refractivity contribution is -0.149. The van der Waals surface area contributed by atoms with Crippen molar-refractivity contribution >= 4 is 5.97 Å². The number of methoxy groups -OCH3 is 1. The molecule has 4 heteroatoms. The Kier molecular flexibility index (Phi) is 5.82. The molecule has 18 heavy (non-hydrogen) atoms. The normalized spacial score (nSPS) is 11.3. The molecule has 0 aliphatic carbocycles. The number of ether oxygens (including phenoxy) is 2. The van der Waals surface area contributed by atoms with Crippen molar-refractivity contribution in [1.82, 2.24) is 5.32 Å². The molecule has 0 aliphatic rings. The number of benzene rings is 1. The van der Waals surface area contributed by atoms with E-state index in [1.165, 1.54) is 12.7 Å². The highest BCUT2D eigenvalue weighted by Crippen LogP contribution is 2.06. The molecule has 0 fully saturated rings. The van der Waals surface area contributed by atoms with E-state index < -0.39 is 0 Å². The fourth-order valence-corrected chi connectivity index (χ4v) is 1.41. The van der Waals surface area contributed by atoms with Crippen LogP contribution in [-0.2, 0) is 20.8 Å². The number of carbonyl (C=O) groups excluding carboxylic acids is 1. The van der Waals surface area contributed by atoms with Gasteiger partial charge in [-0.05, 0) is 19.4 Å². The molecule has 0 heterocycles. The van der Waals surface area contributed by atoms with E-state index in [0.717, 1.165) is 6.54 Å². The van der Waals surface area contributed by atoms with E-state index in [1.54, 1.807) is 0 Å². The second-order valence-corrected chi connectivity index (χ2v) is 4.82. The number of hydrogen-bond acceptors (Lipinski definition) is 4. The molecule has 1 aromatic rings. The largest absolute Gasteiger partial charge is 0.462 e. The average Bonchev–Trinajstić information content (AvgIpc) is 2.36. The molecule has 1 rings (SSSR count). The second kappa shape index (κ2) is 7.13. The molecule has 0 saturated carbocycles. The summed E-state index contributed by atoms with van der Waals surface area (Å²) in [5, 5.41) is 3.35. The number of nitrogens with one attached hydrogen (secondary N) is 1. The molecule has 0 bridgehead atoms. The highest BCUT2D eigenvalue weighted by molar-refractivity contribution is 5.70. The summed E-state index contributed by atoms with van der Waals surface area (Å²) in [6.07, 6.45) is 0. The maximum Gasteiger partial charge on any atom is 0.332 e. The third-order valence-corrected chi connectivity index (χ3v) is 2.47. The van der Waals surface area contributed by atoms with Gasteiger partial charge in [0.25, 0.3) is 0 Å². The minimum atomic E-state index is -0.341. The molecule has 0 unspecified atom stereocenters. The van der Waals surface area contributed by atoms with E-state index in [-0.39, 0.29) is 18.1 Å². The van der Waals surface area contributed by atoms with Crippen molar-refractivity contribution < 1.29 is 14.3 Å². The van der Waals surface area contributed by atoms with Gasteiger partial charge in [-0.2, -0.15) is 0 Å². The van der Waals surface area contributed by atoms with E-state index in [2.05, 4.69) is 17.4 Å². The number of carbonyl (C=O) groups is 1. The van der Waals surface area contributed by atoms with E-state index in [4.69, 9.17) is 9.47 Å². The van der Waals surface area contributed by atoms with E-state index >= 15 is 0 Å². The third-order valence-electron chi connectivity index (χ3n) is 2.47. The lowest BCUT2D eigenvalue weighted by atomic mass is 10.1. The predicted octanol–water partition coefficient (Wildman–Crippen LogP) is 1.74. The van der Waals surface area contributed by atoms with Gasteiger partial charge in [0, 0.05) is 19.2 Å². The molecule has 1 N–H and O–H groups in total. The molecule has 0 atom stereocenters. The van der Waals surface area contributed by atoms with Gasteiger partial charge in [-0.1, -0.05) is 30.3 Å². The van der Waals surface area contributed by atoms with E-state index in [9.17, 15) is 4.79 Å². The van der Waals surface area contributed by atoms with Crippen molar-refractivity contribution in [2.75, 3.05) is 20.3 Å². The lowest BCUT2D eigenvalue weighted by Crippen LogP contribution is -2.43. The smallest absolute Gasteiger partial charge is 0.332 e. The zero-order chi connectivity index (χ0) is 13.4. The Hall–Kier alpha value is -1.39. The topological polar surface area (TPSA) is 47.6 Å². The first-order valence-electron chi connectivity index (χ1n) is 5.97. The molecule has 0 amide bonds. The first-order valence-corrected chi connectivity index (χ1v) is 5.97. The quantitative estimate of drug-likeness (QED) is 0.750. The van der Waals surface area contributed by atoms with Crippen molar-refractivity contribution in [2.24, 2.45) is 0 Å². The van der Waals surface area contributed by atoms with Crippen LogP contribution < -0.4 is 5.32 Å². The Bertz CT molecular complexity index is 363. The number of rotatable bonds is 7. The Balaban J connectivity index is 2.33. The van der Waals surface area contributed by atoms with Gasteiger partial charge < -0.3 is 14.8 Å². The molecule has 100 valence electrons. The lowest BCUT2D eigenvalue weighted by Gasteiger charge is -2.26. The zero-order valence-corrected chi connectivity index (χ0v) is 11.2. The Labute approximate surface area is 108 Å². The molecule has 1 aromatic carbocycles. The van der Waals surface area contributed by atoms with Crippen LogP contribution in [0.3, 0.4) is 0 Å². The molecule has 0 saturated heterocycles. The van der Waals surface area contributed by atoms with Gasteiger partial charge in [-0.15, -0.1) is 0 Å². The second-order valence-electron chi connectivity index (χ2n) is 4.82. The summed E-state index contributed by atoms with van der Waals surface area (Å²) in [4.78, 5) is 11.2. The van der Waals surface area contributed by atoms with Crippen LogP contribution in [0.5, 0.6) is 0 Å². The van der Waals surface area contributed by atoms with Gasteiger partial charge in [-0.3, -0.25) is 0 Å². The van der Waals surface area contributed by atoms with Gasteiger partial charge in [0.15, 0.2) is 0 Å². The summed E-state index contributed by atoms with van der Waals surface area (Å²) in [6.45, 7) is 5.05. The molecule has 4 nitrogen and oxygen atoms in total. The zero-order valence-electron chi connectivity index (χ0n) is 11.2. The van der Waals surface area contributed by atoms with Gasteiger partial charge in [0.2, 0.25) is 0 Å². The average molecular weight is 251 g/mol. The van der Waals surface area contributed by atoms with Crippen LogP contribution in [0, 0.1) is 0 Å². The van der Waals surface area contributed by atoms with Crippen molar-refractivity contribution in [2.45, 2.75) is 25.9 Å². The Morgan fingerprint density at radius 3 is 2.56 bits per heavy atom. The number of esters is 1. The standard InChI is InChI=1S/C14H21NO3/c1-14(2,11-18-13(16)10-17-3)15-9-12-7-5-4-6-8-12/h4-8,15H,9-11H2,1-3H3. The Morgan fingerprint density at radius 2 is 1.94 bits per heavy atom. The maximum absolute atomic E-state index is 11.2. The monoisotopic (exact) mass is 251 g/mol. The van der Waals surface area contributed by atoms with Crippen LogP contribution in [0.1, 0.15) is 19.4 Å². The molecule has 0 aromatic heterocycles. The van der Waals surface area contributed by atoms with E-state index in [1.807, 2.05) is 32.0 Å². The maximum atomic E-state index is 11.2. The van der Waals surface area contributed by atoms with Crippen LogP contribution in [0.15, 0.2) is 30.3 Å².